The molecule has 0 bridgehead atoms. The largest absolute Gasteiger partial charge is 0.494 e. The van der Waals surface area contributed by atoms with Crippen molar-refractivity contribution >= 4 is 22.6 Å². The van der Waals surface area contributed by atoms with E-state index in [1.165, 1.54) is 6.20 Å². The van der Waals surface area contributed by atoms with E-state index < -0.39 is 12.1 Å². The van der Waals surface area contributed by atoms with Gasteiger partial charge in [-0.15, -0.1) is 0 Å². The van der Waals surface area contributed by atoms with Crippen molar-refractivity contribution in [2.75, 3.05) is 25.1 Å². The van der Waals surface area contributed by atoms with Crippen LogP contribution in [0.15, 0.2) is 24.4 Å². The molecule has 2 N–H and O–H groups in total. The van der Waals surface area contributed by atoms with Gasteiger partial charge in [0, 0.05) is 18.1 Å². The summed E-state index contributed by atoms with van der Waals surface area (Å²) in [7, 11) is 0. The highest BCUT2D eigenvalue weighted by molar-refractivity contribution is 6.05. The minimum atomic E-state index is -0.552. The number of carbonyl (C=O) groups excluding carboxylic acids is 1. The predicted octanol–water partition coefficient (Wildman–Crippen LogP) is 2.60. The third-order valence-corrected chi connectivity index (χ3v) is 3.22. The van der Waals surface area contributed by atoms with Crippen molar-refractivity contribution < 1.29 is 19.4 Å². The van der Waals surface area contributed by atoms with E-state index >= 15 is 0 Å². The fourth-order valence-corrected chi connectivity index (χ4v) is 2.23. The lowest BCUT2D eigenvalue weighted by Crippen LogP contribution is -2.18. The molecule has 23 heavy (non-hydrogen) atoms. The van der Waals surface area contributed by atoms with Crippen LogP contribution in [0.25, 0.3) is 10.9 Å². The Balaban J connectivity index is 2.55. The van der Waals surface area contributed by atoms with Crippen molar-refractivity contribution in [3.8, 4) is 5.75 Å². The molecule has 2 rings (SSSR count). The molecule has 6 nitrogen and oxygen atoms in total. The summed E-state index contributed by atoms with van der Waals surface area (Å²) < 4.78 is 10.6. The van der Waals surface area contributed by atoms with Gasteiger partial charge in [0.15, 0.2) is 0 Å². The van der Waals surface area contributed by atoms with Crippen LogP contribution in [-0.4, -0.2) is 41.9 Å². The molecular weight excluding hydrogens is 296 g/mol. The number of esters is 1. The van der Waals surface area contributed by atoms with Crippen LogP contribution in [0, 0.1) is 0 Å². The average Bonchev–Trinajstić information content (AvgIpc) is 2.52. The second-order valence-corrected chi connectivity index (χ2v) is 5.11. The standard InChI is InChI=1S/C17H22N2O4/c1-4-22-12-6-7-15-13(8-12)16(19-9-11(3)20)14(10-18-15)17(21)23-5-2/h6-8,10-11,20H,4-5,9H2,1-3H3,(H,18,19)/t11-/m1/s1. The van der Waals surface area contributed by atoms with Gasteiger partial charge in [0.05, 0.1) is 30.5 Å². The Bertz CT molecular complexity index is 686. The van der Waals surface area contributed by atoms with Gasteiger partial charge in [0.2, 0.25) is 0 Å². The van der Waals surface area contributed by atoms with Gasteiger partial charge < -0.3 is 19.9 Å². The van der Waals surface area contributed by atoms with Gasteiger partial charge in [0.1, 0.15) is 11.3 Å². The number of pyridine rings is 1. The average molecular weight is 318 g/mol. The number of hydrogen-bond donors (Lipinski definition) is 2. The van der Waals surface area contributed by atoms with Crippen LogP contribution in [0.4, 0.5) is 5.69 Å². The van der Waals surface area contributed by atoms with E-state index in [9.17, 15) is 9.90 Å². The Kier molecular flexibility index (Phi) is 5.76. The number of aliphatic hydroxyl groups is 1. The molecule has 1 atom stereocenters. The normalized spacial score (nSPS) is 12.0. The number of ether oxygens (including phenoxy) is 2. The molecule has 1 aromatic carbocycles. The zero-order chi connectivity index (χ0) is 16.8. The zero-order valence-electron chi connectivity index (χ0n) is 13.6. The molecule has 124 valence electrons. The lowest BCUT2D eigenvalue weighted by atomic mass is 10.1. The number of fused-ring (bicyclic) bond motifs is 1. The number of aliphatic hydroxyl groups excluding tert-OH is 1. The van der Waals surface area contributed by atoms with Crippen molar-refractivity contribution in [2.45, 2.75) is 26.9 Å². The van der Waals surface area contributed by atoms with Crippen molar-refractivity contribution in [1.82, 2.24) is 4.98 Å². The summed E-state index contributed by atoms with van der Waals surface area (Å²) >= 11 is 0. The summed E-state index contributed by atoms with van der Waals surface area (Å²) in [5.41, 5.74) is 1.67. The summed E-state index contributed by atoms with van der Waals surface area (Å²) in [4.78, 5) is 16.5. The maximum Gasteiger partial charge on any atom is 0.341 e. The maximum atomic E-state index is 12.2. The highest BCUT2D eigenvalue weighted by Crippen LogP contribution is 2.30. The van der Waals surface area contributed by atoms with Gasteiger partial charge in [-0.3, -0.25) is 4.98 Å². The molecule has 6 heteroatoms. The van der Waals surface area contributed by atoms with Crippen LogP contribution in [-0.2, 0) is 4.74 Å². The van der Waals surface area contributed by atoms with Gasteiger partial charge in [-0.1, -0.05) is 0 Å². The Labute approximate surface area is 135 Å². The molecule has 0 aliphatic heterocycles. The van der Waals surface area contributed by atoms with Gasteiger partial charge in [-0.25, -0.2) is 4.79 Å². The van der Waals surface area contributed by atoms with Crippen LogP contribution < -0.4 is 10.1 Å². The Morgan fingerprint density at radius 1 is 1.35 bits per heavy atom. The third-order valence-electron chi connectivity index (χ3n) is 3.22. The monoisotopic (exact) mass is 318 g/mol. The van der Waals surface area contributed by atoms with E-state index in [0.29, 0.717) is 30.2 Å². The highest BCUT2D eigenvalue weighted by atomic mass is 16.5. The number of nitrogens with one attached hydrogen (secondary N) is 1. The van der Waals surface area contributed by atoms with E-state index in [1.807, 2.05) is 25.1 Å². The number of aromatic nitrogens is 1. The lowest BCUT2D eigenvalue weighted by molar-refractivity contribution is 0.0527. The number of carbonyl (C=O) groups is 1. The summed E-state index contributed by atoms with van der Waals surface area (Å²) in [6.45, 7) is 6.47. The van der Waals surface area contributed by atoms with Crippen molar-refractivity contribution in [1.29, 1.82) is 0 Å². The van der Waals surface area contributed by atoms with Crippen LogP contribution in [0.1, 0.15) is 31.1 Å². The van der Waals surface area contributed by atoms with Gasteiger partial charge >= 0.3 is 5.97 Å². The molecule has 0 spiro atoms. The van der Waals surface area contributed by atoms with Crippen molar-refractivity contribution in [3.05, 3.63) is 30.0 Å². The van der Waals surface area contributed by atoms with Crippen molar-refractivity contribution in [2.24, 2.45) is 0 Å². The van der Waals surface area contributed by atoms with Gasteiger partial charge in [0.25, 0.3) is 0 Å². The quantitative estimate of drug-likeness (QED) is 0.764. The first-order valence-electron chi connectivity index (χ1n) is 7.71. The lowest BCUT2D eigenvalue weighted by Gasteiger charge is -2.15. The van der Waals surface area contributed by atoms with Crippen LogP contribution in [0.3, 0.4) is 0 Å². The Morgan fingerprint density at radius 3 is 2.78 bits per heavy atom. The predicted molar refractivity (Wildman–Crippen MR) is 89.0 cm³/mol. The molecule has 1 heterocycles. The number of hydrogen-bond acceptors (Lipinski definition) is 6. The number of anilines is 1. The summed E-state index contributed by atoms with van der Waals surface area (Å²) in [5.74, 6) is 0.250. The van der Waals surface area contributed by atoms with E-state index in [2.05, 4.69) is 10.3 Å². The summed E-state index contributed by atoms with van der Waals surface area (Å²) in [6.07, 6.45) is 0.939. The SMILES string of the molecule is CCOC(=O)c1cnc2ccc(OCC)cc2c1NC[C@@H](C)O. The molecule has 0 amide bonds. The highest BCUT2D eigenvalue weighted by Gasteiger charge is 2.17. The summed E-state index contributed by atoms with van der Waals surface area (Å²) in [5, 5.41) is 13.4. The molecule has 0 aliphatic rings. The van der Waals surface area contributed by atoms with Gasteiger partial charge in [-0.05, 0) is 39.0 Å². The van der Waals surface area contributed by atoms with Crippen LogP contribution >= 0.6 is 0 Å². The Morgan fingerprint density at radius 2 is 2.13 bits per heavy atom. The molecule has 0 saturated carbocycles. The van der Waals surface area contributed by atoms with E-state index in [4.69, 9.17) is 9.47 Å². The first-order valence-corrected chi connectivity index (χ1v) is 7.71. The molecule has 0 radical (unpaired) electrons. The minimum Gasteiger partial charge on any atom is -0.494 e. The first kappa shape index (κ1) is 17.0. The maximum absolute atomic E-state index is 12.2. The Hall–Kier alpha value is -2.34. The molecule has 1 aromatic heterocycles. The molecular formula is C17H22N2O4. The number of benzene rings is 1. The van der Waals surface area contributed by atoms with E-state index in [1.54, 1.807) is 13.8 Å². The minimum absolute atomic E-state index is 0.283. The fraction of sp³-hybridized carbons (Fsp3) is 0.412. The molecule has 2 aromatic rings. The molecule has 0 unspecified atom stereocenters. The third kappa shape index (κ3) is 4.10. The number of nitrogens with zero attached hydrogens (tertiary/aromatic N) is 1. The molecule has 0 fully saturated rings. The molecule has 0 aliphatic carbocycles. The molecule has 0 saturated heterocycles. The van der Waals surface area contributed by atoms with E-state index in [0.717, 1.165) is 10.9 Å². The first-order chi connectivity index (χ1) is 11.1. The second kappa shape index (κ2) is 7.78. The van der Waals surface area contributed by atoms with Crippen LogP contribution in [0.5, 0.6) is 5.75 Å². The van der Waals surface area contributed by atoms with Crippen molar-refractivity contribution in [3.63, 3.8) is 0 Å². The van der Waals surface area contributed by atoms with E-state index in [-0.39, 0.29) is 6.61 Å². The van der Waals surface area contributed by atoms with Gasteiger partial charge in [-0.2, -0.15) is 0 Å². The zero-order valence-corrected chi connectivity index (χ0v) is 13.6. The number of rotatable bonds is 7. The van der Waals surface area contributed by atoms with Crippen LogP contribution in [0.2, 0.25) is 0 Å². The smallest absolute Gasteiger partial charge is 0.341 e. The fourth-order valence-electron chi connectivity index (χ4n) is 2.23. The summed E-state index contributed by atoms with van der Waals surface area (Å²) in [6, 6.07) is 5.50. The topological polar surface area (TPSA) is 80.7 Å². The second-order valence-electron chi connectivity index (χ2n) is 5.11.